The lowest BCUT2D eigenvalue weighted by molar-refractivity contribution is -0.388. The Hall–Kier alpha value is -2.61. The average Bonchev–Trinajstić information content (AvgIpc) is 2.81. The standard InChI is InChI=1S/C20H21F3N2O3/c1-24(2)14-8-7-13-5-3-4-6-16(13)19(11-14)28-15-9-10-18(25(26)27)17(12-15)20(21,22)23/h3-6,9-10,12,14,19H,7-8,11H2,1-2H3/t14-,19-/m0/s1. The Bertz CT molecular complexity index is 868. The van der Waals surface area contributed by atoms with Gasteiger partial charge in [-0.05, 0) is 50.2 Å². The highest BCUT2D eigenvalue weighted by molar-refractivity contribution is 5.47. The summed E-state index contributed by atoms with van der Waals surface area (Å²) in [6.45, 7) is 0. The Morgan fingerprint density at radius 1 is 1.18 bits per heavy atom. The number of halogens is 3. The topological polar surface area (TPSA) is 55.6 Å². The largest absolute Gasteiger partial charge is 0.486 e. The van der Waals surface area contributed by atoms with Gasteiger partial charge in [-0.25, -0.2) is 0 Å². The SMILES string of the molecule is CN(C)[C@H]1CCc2ccccc2[C@@H](Oc2ccc([N+](=O)[O-])c(C(F)(F)F)c2)C1. The van der Waals surface area contributed by atoms with E-state index in [0.717, 1.165) is 36.1 Å². The molecule has 0 aliphatic heterocycles. The van der Waals surface area contributed by atoms with Crippen LogP contribution in [0.15, 0.2) is 42.5 Å². The maximum Gasteiger partial charge on any atom is 0.423 e. The quantitative estimate of drug-likeness (QED) is 0.416. The van der Waals surface area contributed by atoms with Gasteiger partial charge in [0.25, 0.3) is 5.69 Å². The molecule has 0 radical (unpaired) electrons. The Labute approximate surface area is 160 Å². The number of nitro benzene ring substituents is 1. The lowest BCUT2D eigenvalue weighted by Crippen LogP contribution is -2.30. The van der Waals surface area contributed by atoms with Crippen LogP contribution in [0.4, 0.5) is 18.9 Å². The molecule has 2 aromatic rings. The number of aryl methyl sites for hydroxylation is 1. The zero-order chi connectivity index (χ0) is 20.5. The van der Waals surface area contributed by atoms with Crippen molar-refractivity contribution in [2.75, 3.05) is 14.1 Å². The number of hydrogen-bond donors (Lipinski definition) is 0. The normalized spacial score (nSPS) is 19.8. The maximum absolute atomic E-state index is 13.3. The van der Waals surface area contributed by atoms with E-state index in [2.05, 4.69) is 4.90 Å². The molecule has 0 spiro atoms. The smallest absolute Gasteiger partial charge is 0.423 e. The van der Waals surface area contributed by atoms with E-state index in [-0.39, 0.29) is 11.8 Å². The van der Waals surface area contributed by atoms with Crippen LogP contribution in [-0.2, 0) is 12.6 Å². The summed E-state index contributed by atoms with van der Waals surface area (Å²) in [5.74, 6) is -0.0304. The molecular formula is C20H21F3N2O3. The highest BCUT2D eigenvalue weighted by Gasteiger charge is 2.39. The molecule has 0 fully saturated rings. The number of alkyl halides is 3. The van der Waals surface area contributed by atoms with Gasteiger partial charge in [0.1, 0.15) is 17.4 Å². The first-order valence-corrected chi connectivity index (χ1v) is 8.93. The fraction of sp³-hybridized carbons (Fsp3) is 0.400. The van der Waals surface area contributed by atoms with Crippen LogP contribution < -0.4 is 4.74 Å². The molecular weight excluding hydrogens is 373 g/mol. The molecule has 0 saturated heterocycles. The van der Waals surface area contributed by atoms with Crippen molar-refractivity contribution in [3.8, 4) is 5.75 Å². The van der Waals surface area contributed by atoms with Crippen LogP contribution in [0.25, 0.3) is 0 Å². The number of nitro groups is 1. The third-order valence-corrected chi connectivity index (χ3v) is 5.11. The van der Waals surface area contributed by atoms with Gasteiger partial charge in [0.05, 0.1) is 4.92 Å². The molecule has 2 atom stereocenters. The first-order chi connectivity index (χ1) is 13.2. The van der Waals surface area contributed by atoms with Crippen molar-refractivity contribution in [3.63, 3.8) is 0 Å². The van der Waals surface area contributed by atoms with Gasteiger partial charge in [0, 0.05) is 18.5 Å². The van der Waals surface area contributed by atoms with E-state index >= 15 is 0 Å². The minimum atomic E-state index is -4.84. The monoisotopic (exact) mass is 394 g/mol. The van der Waals surface area contributed by atoms with Gasteiger partial charge in [0.15, 0.2) is 0 Å². The van der Waals surface area contributed by atoms with Gasteiger partial charge < -0.3 is 9.64 Å². The van der Waals surface area contributed by atoms with Gasteiger partial charge in [-0.3, -0.25) is 10.1 Å². The van der Waals surface area contributed by atoms with E-state index in [0.29, 0.717) is 6.42 Å². The van der Waals surface area contributed by atoms with Crippen molar-refractivity contribution < 1.29 is 22.8 Å². The number of fused-ring (bicyclic) bond motifs is 1. The molecule has 0 unspecified atom stereocenters. The summed E-state index contributed by atoms with van der Waals surface area (Å²) in [6, 6.07) is 10.7. The summed E-state index contributed by atoms with van der Waals surface area (Å²) in [5.41, 5.74) is -0.234. The molecule has 0 N–H and O–H groups in total. The number of nitrogens with zero attached hydrogens (tertiary/aromatic N) is 2. The van der Waals surface area contributed by atoms with Gasteiger partial charge in [-0.1, -0.05) is 24.3 Å². The second-order valence-corrected chi connectivity index (χ2v) is 7.13. The molecule has 0 amide bonds. The van der Waals surface area contributed by atoms with Crippen LogP contribution in [0.2, 0.25) is 0 Å². The molecule has 28 heavy (non-hydrogen) atoms. The van der Waals surface area contributed by atoms with E-state index < -0.39 is 28.5 Å². The fourth-order valence-electron chi connectivity index (χ4n) is 3.61. The summed E-state index contributed by atoms with van der Waals surface area (Å²) >= 11 is 0. The van der Waals surface area contributed by atoms with Crippen molar-refractivity contribution in [2.45, 2.75) is 37.6 Å². The number of benzene rings is 2. The van der Waals surface area contributed by atoms with Crippen LogP contribution in [0.1, 0.15) is 35.6 Å². The van der Waals surface area contributed by atoms with Crippen LogP contribution in [0.3, 0.4) is 0 Å². The Morgan fingerprint density at radius 3 is 2.54 bits per heavy atom. The molecule has 0 aromatic heterocycles. The van der Waals surface area contributed by atoms with Gasteiger partial charge in [-0.2, -0.15) is 13.2 Å². The summed E-state index contributed by atoms with van der Waals surface area (Å²) in [6.07, 6.45) is -2.89. The van der Waals surface area contributed by atoms with E-state index in [4.69, 9.17) is 4.74 Å². The van der Waals surface area contributed by atoms with Crippen LogP contribution >= 0.6 is 0 Å². The van der Waals surface area contributed by atoms with Crippen LogP contribution in [0.5, 0.6) is 5.75 Å². The van der Waals surface area contributed by atoms with E-state index in [1.807, 2.05) is 38.4 Å². The third kappa shape index (κ3) is 4.27. The number of ether oxygens (including phenoxy) is 1. The molecule has 1 aliphatic rings. The fourth-order valence-corrected chi connectivity index (χ4v) is 3.61. The molecule has 150 valence electrons. The third-order valence-electron chi connectivity index (χ3n) is 5.11. The van der Waals surface area contributed by atoms with Crippen molar-refractivity contribution in [1.29, 1.82) is 0 Å². The second kappa shape index (κ2) is 7.79. The van der Waals surface area contributed by atoms with Crippen molar-refractivity contribution >= 4 is 5.69 Å². The van der Waals surface area contributed by atoms with E-state index in [1.165, 1.54) is 6.07 Å². The van der Waals surface area contributed by atoms with Crippen molar-refractivity contribution in [2.24, 2.45) is 0 Å². The first kappa shape index (κ1) is 20.1. The maximum atomic E-state index is 13.3. The van der Waals surface area contributed by atoms with Crippen LogP contribution in [0, 0.1) is 10.1 Å². The molecule has 8 heteroatoms. The molecule has 0 bridgehead atoms. The number of hydrogen-bond acceptors (Lipinski definition) is 4. The summed E-state index contributed by atoms with van der Waals surface area (Å²) in [7, 11) is 3.93. The lowest BCUT2D eigenvalue weighted by atomic mass is 10.0. The van der Waals surface area contributed by atoms with Gasteiger partial charge in [0.2, 0.25) is 0 Å². The van der Waals surface area contributed by atoms with Gasteiger partial charge >= 0.3 is 6.18 Å². The molecule has 3 rings (SSSR count). The summed E-state index contributed by atoms with van der Waals surface area (Å²) in [4.78, 5) is 12.0. The van der Waals surface area contributed by atoms with E-state index in [1.54, 1.807) is 0 Å². The molecule has 2 aromatic carbocycles. The summed E-state index contributed by atoms with van der Waals surface area (Å²) in [5, 5.41) is 11.0. The minimum Gasteiger partial charge on any atom is -0.486 e. The molecule has 1 aliphatic carbocycles. The van der Waals surface area contributed by atoms with Gasteiger partial charge in [-0.15, -0.1) is 0 Å². The van der Waals surface area contributed by atoms with Crippen molar-refractivity contribution in [1.82, 2.24) is 4.90 Å². The summed E-state index contributed by atoms with van der Waals surface area (Å²) < 4.78 is 45.8. The highest BCUT2D eigenvalue weighted by atomic mass is 19.4. The second-order valence-electron chi connectivity index (χ2n) is 7.13. The van der Waals surface area contributed by atoms with E-state index in [9.17, 15) is 23.3 Å². The Balaban J connectivity index is 1.98. The first-order valence-electron chi connectivity index (χ1n) is 8.93. The Kier molecular flexibility index (Phi) is 5.60. The molecule has 5 nitrogen and oxygen atoms in total. The molecule has 0 heterocycles. The lowest BCUT2D eigenvalue weighted by Gasteiger charge is -2.27. The Morgan fingerprint density at radius 2 is 1.89 bits per heavy atom. The van der Waals surface area contributed by atoms with Crippen molar-refractivity contribution in [3.05, 3.63) is 69.3 Å². The number of rotatable bonds is 4. The minimum absolute atomic E-state index is 0.0304. The highest BCUT2D eigenvalue weighted by Crippen LogP contribution is 2.40. The molecule has 0 saturated carbocycles. The predicted octanol–water partition coefficient (Wildman–Crippen LogP) is 5.00. The zero-order valence-electron chi connectivity index (χ0n) is 15.6. The average molecular weight is 394 g/mol. The van der Waals surface area contributed by atoms with Crippen LogP contribution in [-0.4, -0.2) is 30.0 Å². The zero-order valence-corrected chi connectivity index (χ0v) is 15.6. The predicted molar refractivity (Wildman–Crippen MR) is 98.3 cm³/mol.